The average Bonchev–Trinajstić information content (AvgIpc) is 2.75. The summed E-state index contributed by atoms with van der Waals surface area (Å²) in [5.74, 6) is 1.24. The number of carbonyl (C=O) groups is 2. The summed E-state index contributed by atoms with van der Waals surface area (Å²) in [6, 6.07) is 0. The van der Waals surface area contributed by atoms with Crippen molar-refractivity contribution in [3.05, 3.63) is 0 Å². The second-order valence-corrected chi connectivity index (χ2v) is 10.7. The molecule has 1 N–H and O–H groups in total. The maximum Gasteiger partial charge on any atom is 0.410 e. The number of hydroxylamine groups is 2. The summed E-state index contributed by atoms with van der Waals surface area (Å²) >= 11 is 0. The van der Waals surface area contributed by atoms with Crippen molar-refractivity contribution in [3.63, 3.8) is 0 Å². The van der Waals surface area contributed by atoms with Gasteiger partial charge in [0.15, 0.2) is 0 Å². The number of rotatable bonds is 6. The van der Waals surface area contributed by atoms with Gasteiger partial charge in [0.05, 0.1) is 12.7 Å². The molecule has 0 aromatic carbocycles. The minimum atomic E-state index is -0.473. The third kappa shape index (κ3) is 8.19. The highest BCUT2D eigenvalue weighted by Gasteiger charge is 2.30. The molecule has 8 heteroatoms. The number of likely N-dealkylation sites (tertiary alicyclic amines) is 2. The van der Waals surface area contributed by atoms with E-state index in [9.17, 15) is 14.7 Å². The van der Waals surface area contributed by atoms with E-state index in [1.165, 1.54) is 0 Å². The lowest BCUT2D eigenvalue weighted by Crippen LogP contribution is -2.43. The lowest BCUT2D eigenvalue weighted by atomic mass is 9.91. The van der Waals surface area contributed by atoms with Gasteiger partial charge in [-0.2, -0.15) is 5.06 Å². The van der Waals surface area contributed by atoms with E-state index in [0.717, 1.165) is 77.7 Å². The molecule has 32 heavy (non-hydrogen) atoms. The first-order valence-electron chi connectivity index (χ1n) is 12.5. The van der Waals surface area contributed by atoms with Crippen LogP contribution in [-0.4, -0.2) is 89.6 Å². The summed E-state index contributed by atoms with van der Waals surface area (Å²) in [5, 5.41) is 11.6. The van der Waals surface area contributed by atoms with Gasteiger partial charge in [0, 0.05) is 45.7 Å². The minimum absolute atomic E-state index is 0.172. The first-order chi connectivity index (χ1) is 15.2. The van der Waals surface area contributed by atoms with E-state index >= 15 is 0 Å². The average molecular weight is 454 g/mol. The molecule has 3 aliphatic rings. The summed E-state index contributed by atoms with van der Waals surface area (Å²) in [6.07, 6.45) is 6.62. The Morgan fingerprint density at radius 1 is 0.844 bits per heavy atom. The second-order valence-electron chi connectivity index (χ2n) is 10.7. The molecule has 3 fully saturated rings. The fourth-order valence-electron chi connectivity index (χ4n) is 4.81. The summed E-state index contributed by atoms with van der Waals surface area (Å²) in [4.78, 5) is 34.7. The molecular formula is C24H43N3O5. The van der Waals surface area contributed by atoms with Gasteiger partial charge in [-0.15, -0.1) is 0 Å². The topological polar surface area (TPSA) is 82.5 Å². The van der Waals surface area contributed by atoms with Crippen molar-refractivity contribution in [2.75, 3.05) is 45.9 Å². The van der Waals surface area contributed by atoms with E-state index in [4.69, 9.17) is 9.57 Å². The molecule has 0 aromatic rings. The Bertz CT molecular complexity index is 599. The van der Waals surface area contributed by atoms with Crippen LogP contribution in [0.4, 0.5) is 4.79 Å². The number of aliphatic hydroxyl groups excluding tert-OH is 1. The molecule has 2 amide bonds. The van der Waals surface area contributed by atoms with Crippen LogP contribution in [0.15, 0.2) is 0 Å². The van der Waals surface area contributed by atoms with Crippen molar-refractivity contribution in [3.8, 4) is 0 Å². The summed E-state index contributed by atoms with van der Waals surface area (Å²) < 4.78 is 5.46. The van der Waals surface area contributed by atoms with Crippen molar-refractivity contribution in [2.45, 2.75) is 83.8 Å². The molecule has 0 radical (unpaired) electrons. The van der Waals surface area contributed by atoms with Crippen LogP contribution in [0.1, 0.15) is 72.1 Å². The van der Waals surface area contributed by atoms with E-state index in [0.29, 0.717) is 31.3 Å². The molecule has 0 aromatic heterocycles. The Morgan fingerprint density at radius 3 is 2.00 bits per heavy atom. The molecular weight excluding hydrogens is 410 g/mol. The van der Waals surface area contributed by atoms with Gasteiger partial charge < -0.3 is 19.6 Å². The van der Waals surface area contributed by atoms with Crippen LogP contribution in [0, 0.1) is 11.8 Å². The van der Waals surface area contributed by atoms with Gasteiger partial charge in [-0.3, -0.25) is 9.63 Å². The molecule has 8 nitrogen and oxygen atoms in total. The van der Waals surface area contributed by atoms with Gasteiger partial charge in [-0.1, -0.05) is 0 Å². The monoisotopic (exact) mass is 453 g/mol. The zero-order valence-corrected chi connectivity index (χ0v) is 20.3. The normalized spacial score (nSPS) is 22.9. The third-order valence-corrected chi connectivity index (χ3v) is 6.92. The highest BCUT2D eigenvalue weighted by Crippen LogP contribution is 2.26. The first-order valence-corrected chi connectivity index (χ1v) is 12.5. The van der Waals surface area contributed by atoms with Crippen LogP contribution in [-0.2, 0) is 14.4 Å². The number of amides is 2. The maximum atomic E-state index is 12.8. The fraction of sp³-hybridized carbons (Fsp3) is 0.917. The lowest BCUT2D eigenvalue weighted by Gasteiger charge is -2.36. The summed E-state index contributed by atoms with van der Waals surface area (Å²) in [7, 11) is 0. The van der Waals surface area contributed by atoms with E-state index in [1.807, 2.05) is 30.7 Å². The minimum Gasteiger partial charge on any atom is -0.444 e. The number of carbonyl (C=O) groups excluding carboxylic acids is 2. The maximum absolute atomic E-state index is 12.8. The van der Waals surface area contributed by atoms with Crippen molar-refractivity contribution in [1.82, 2.24) is 14.9 Å². The van der Waals surface area contributed by atoms with Gasteiger partial charge in [0.2, 0.25) is 5.91 Å². The molecule has 3 aliphatic heterocycles. The molecule has 3 saturated heterocycles. The van der Waals surface area contributed by atoms with Gasteiger partial charge in [0.1, 0.15) is 5.60 Å². The number of hydrogen-bond acceptors (Lipinski definition) is 6. The van der Waals surface area contributed by atoms with Crippen LogP contribution >= 0.6 is 0 Å². The van der Waals surface area contributed by atoms with Gasteiger partial charge >= 0.3 is 6.09 Å². The highest BCUT2D eigenvalue weighted by atomic mass is 16.7. The van der Waals surface area contributed by atoms with Gasteiger partial charge in [-0.25, -0.2) is 4.79 Å². The van der Waals surface area contributed by atoms with Crippen LogP contribution in [0.25, 0.3) is 0 Å². The summed E-state index contributed by atoms with van der Waals surface area (Å²) in [6.45, 7) is 11.0. The zero-order chi connectivity index (χ0) is 23.1. The largest absolute Gasteiger partial charge is 0.444 e. The Balaban J connectivity index is 1.27. The van der Waals surface area contributed by atoms with E-state index in [2.05, 4.69) is 0 Å². The summed E-state index contributed by atoms with van der Waals surface area (Å²) in [5.41, 5.74) is -0.473. The number of nitrogens with zero attached hydrogens (tertiary/aromatic N) is 3. The van der Waals surface area contributed by atoms with Gasteiger partial charge in [-0.05, 0) is 77.6 Å². The molecule has 3 heterocycles. The number of ether oxygens (including phenoxy) is 1. The predicted molar refractivity (Wildman–Crippen MR) is 122 cm³/mol. The molecule has 0 unspecified atom stereocenters. The zero-order valence-electron chi connectivity index (χ0n) is 20.3. The Hall–Kier alpha value is -1.38. The molecule has 0 atom stereocenters. The lowest BCUT2D eigenvalue weighted by molar-refractivity contribution is -0.182. The smallest absolute Gasteiger partial charge is 0.410 e. The van der Waals surface area contributed by atoms with Crippen molar-refractivity contribution >= 4 is 12.0 Å². The molecule has 0 saturated carbocycles. The van der Waals surface area contributed by atoms with Crippen LogP contribution in [0.3, 0.4) is 0 Å². The molecule has 0 spiro atoms. The molecule has 0 bridgehead atoms. The number of hydrogen-bond donors (Lipinski definition) is 1. The SMILES string of the molecule is CC(C)(C)OC(=O)N1CCC(CC(=O)N2CCC(CCON3CCC(O)CC3)CC2)CC1. The van der Waals surface area contributed by atoms with Gasteiger partial charge in [0.25, 0.3) is 0 Å². The van der Waals surface area contributed by atoms with Crippen molar-refractivity contribution < 1.29 is 24.3 Å². The molecule has 3 rings (SSSR count). The predicted octanol–water partition coefficient (Wildman–Crippen LogP) is 3.04. The molecule has 184 valence electrons. The second kappa shape index (κ2) is 11.7. The van der Waals surface area contributed by atoms with E-state index in [-0.39, 0.29) is 18.1 Å². The number of aliphatic hydroxyl groups is 1. The Kier molecular flexibility index (Phi) is 9.20. The number of piperidine rings is 3. The first kappa shape index (κ1) is 25.2. The van der Waals surface area contributed by atoms with Crippen LogP contribution in [0.5, 0.6) is 0 Å². The van der Waals surface area contributed by atoms with E-state index < -0.39 is 5.60 Å². The molecule has 0 aliphatic carbocycles. The quantitative estimate of drug-likeness (QED) is 0.666. The third-order valence-electron chi connectivity index (χ3n) is 6.92. The van der Waals surface area contributed by atoms with E-state index in [1.54, 1.807) is 4.90 Å². The fourth-order valence-corrected chi connectivity index (χ4v) is 4.81. The Labute approximate surface area is 193 Å². The Morgan fingerprint density at radius 2 is 1.41 bits per heavy atom. The van der Waals surface area contributed by atoms with Crippen LogP contribution < -0.4 is 0 Å². The standard InChI is InChI=1S/C24H43N3O5/c1-24(2,3)32-23(30)26-13-6-20(7-14-26)18-22(29)25-11-4-19(5-12-25)10-17-31-27-15-8-21(28)9-16-27/h19-21,28H,4-18H2,1-3H3. The van der Waals surface area contributed by atoms with Crippen molar-refractivity contribution in [1.29, 1.82) is 0 Å². The van der Waals surface area contributed by atoms with Crippen molar-refractivity contribution in [2.24, 2.45) is 11.8 Å². The highest BCUT2D eigenvalue weighted by molar-refractivity contribution is 5.76. The van der Waals surface area contributed by atoms with Crippen LogP contribution in [0.2, 0.25) is 0 Å².